The van der Waals surface area contributed by atoms with Crippen molar-refractivity contribution >= 4 is 44.3 Å². The number of hydrogen-bond acceptors (Lipinski definition) is 2. The maximum atomic E-state index is 10.6. The van der Waals surface area contributed by atoms with E-state index >= 15 is 0 Å². The van der Waals surface area contributed by atoms with Crippen LogP contribution in [-0.2, 0) is 0 Å². The average molecular weight is 264 g/mol. The van der Waals surface area contributed by atoms with Crippen molar-refractivity contribution in [2.45, 2.75) is 0 Å². The summed E-state index contributed by atoms with van der Waals surface area (Å²) in [6, 6.07) is 7.49. The highest BCUT2D eigenvalue weighted by molar-refractivity contribution is 9.10. The van der Waals surface area contributed by atoms with Crippen LogP contribution in [0.5, 0.6) is 0 Å². The molecular weight excluding hydrogens is 258 g/mol. The number of furan rings is 1. The van der Waals surface area contributed by atoms with Gasteiger partial charge in [-0.05, 0) is 18.2 Å². The number of halogens is 1. The lowest BCUT2D eigenvalue weighted by Crippen LogP contribution is -1.76. The Bertz CT molecular complexity index is 666. The molecular formula is C11H6BrNO2. The number of carbonyl (C=O) groups excluding carboxylic acids is 1. The van der Waals surface area contributed by atoms with E-state index in [1.54, 1.807) is 6.07 Å². The second-order valence-corrected chi connectivity index (χ2v) is 4.24. The molecule has 0 fully saturated rings. The van der Waals surface area contributed by atoms with E-state index in [1.165, 1.54) is 0 Å². The van der Waals surface area contributed by atoms with Crippen molar-refractivity contribution in [1.82, 2.24) is 4.98 Å². The average Bonchev–Trinajstić information content (AvgIpc) is 2.75. The Hall–Kier alpha value is -1.55. The molecule has 4 heteroatoms. The van der Waals surface area contributed by atoms with Gasteiger partial charge in [0.15, 0.2) is 11.9 Å². The molecule has 0 aliphatic rings. The fourth-order valence-corrected chi connectivity index (χ4v) is 2.07. The summed E-state index contributed by atoms with van der Waals surface area (Å²) in [4.78, 5) is 13.6. The number of fused-ring (bicyclic) bond motifs is 3. The zero-order chi connectivity index (χ0) is 10.4. The number of hydrogen-bond donors (Lipinski definition) is 1. The predicted molar refractivity (Wildman–Crippen MR) is 61.2 cm³/mol. The van der Waals surface area contributed by atoms with Crippen LogP contribution >= 0.6 is 15.9 Å². The Morgan fingerprint density at radius 3 is 2.93 bits per heavy atom. The largest absolute Gasteiger partial charge is 0.454 e. The van der Waals surface area contributed by atoms with E-state index in [0.717, 1.165) is 27.2 Å². The first-order valence-corrected chi connectivity index (χ1v) is 5.23. The number of H-pyrrole nitrogens is 1. The molecule has 0 aliphatic heterocycles. The van der Waals surface area contributed by atoms with Crippen LogP contribution in [0.2, 0.25) is 0 Å². The van der Waals surface area contributed by atoms with Gasteiger partial charge in [-0.3, -0.25) is 4.79 Å². The van der Waals surface area contributed by atoms with Crippen LogP contribution in [0.3, 0.4) is 0 Å². The lowest BCUT2D eigenvalue weighted by molar-refractivity contribution is 0.111. The van der Waals surface area contributed by atoms with Gasteiger partial charge in [0.1, 0.15) is 5.58 Å². The molecule has 1 aromatic carbocycles. The molecule has 15 heavy (non-hydrogen) atoms. The summed E-state index contributed by atoms with van der Waals surface area (Å²) in [5, 5.41) is 0.979. The van der Waals surface area contributed by atoms with Gasteiger partial charge in [-0.1, -0.05) is 15.9 Å². The SMILES string of the molecule is O=Cc1cc2oc3ccc(Br)cc3c2[nH]1. The van der Waals surface area contributed by atoms with Crippen molar-refractivity contribution < 1.29 is 9.21 Å². The number of aromatic amines is 1. The van der Waals surface area contributed by atoms with E-state index in [-0.39, 0.29) is 0 Å². The number of aldehydes is 1. The van der Waals surface area contributed by atoms with Gasteiger partial charge in [0.25, 0.3) is 0 Å². The van der Waals surface area contributed by atoms with Gasteiger partial charge in [-0.25, -0.2) is 0 Å². The molecule has 3 rings (SSSR count). The first-order valence-electron chi connectivity index (χ1n) is 4.44. The smallest absolute Gasteiger partial charge is 0.166 e. The molecule has 1 N–H and O–H groups in total. The zero-order valence-corrected chi connectivity index (χ0v) is 9.17. The summed E-state index contributed by atoms with van der Waals surface area (Å²) >= 11 is 3.40. The van der Waals surface area contributed by atoms with Crippen molar-refractivity contribution in [3.63, 3.8) is 0 Å². The highest BCUT2D eigenvalue weighted by Crippen LogP contribution is 2.30. The first kappa shape index (κ1) is 8.73. The maximum absolute atomic E-state index is 10.6. The number of carbonyl (C=O) groups is 1. The van der Waals surface area contributed by atoms with Gasteiger partial charge in [0.05, 0.1) is 11.2 Å². The molecule has 3 aromatic rings. The summed E-state index contributed by atoms with van der Waals surface area (Å²) in [6.45, 7) is 0. The van der Waals surface area contributed by atoms with Crippen LogP contribution in [0.4, 0.5) is 0 Å². The summed E-state index contributed by atoms with van der Waals surface area (Å²) in [6.07, 6.45) is 0.777. The topological polar surface area (TPSA) is 46.0 Å². The predicted octanol–water partition coefficient (Wildman–Crippen LogP) is 3.49. The molecule has 0 aliphatic carbocycles. The number of nitrogens with one attached hydrogen (secondary N) is 1. The molecule has 3 nitrogen and oxygen atoms in total. The maximum Gasteiger partial charge on any atom is 0.166 e. The van der Waals surface area contributed by atoms with E-state index in [2.05, 4.69) is 20.9 Å². The van der Waals surface area contributed by atoms with Crippen LogP contribution in [0.15, 0.2) is 33.2 Å². The van der Waals surface area contributed by atoms with Crippen molar-refractivity contribution in [1.29, 1.82) is 0 Å². The highest BCUT2D eigenvalue weighted by Gasteiger charge is 2.10. The van der Waals surface area contributed by atoms with Crippen LogP contribution in [-0.4, -0.2) is 11.3 Å². The van der Waals surface area contributed by atoms with Crippen molar-refractivity contribution in [2.24, 2.45) is 0 Å². The van der Waals surface area contributed by atoms with Crippen LogP contribution in [0.25, 0.3) is 22.1 Å². The fourth-order valence-electron chi connectivity index (χ4n) is 1.70. The number of rotatable bonds is 1. The van der Waals surface area contributed by atoms with Crippen LogP contribution in [0, 0.1) is 0 Å². The summed E-state index contributed by atoms with van der Waals surface area (Å²) in [5.74, 6) is 0. The third kappa shape index (κ3) is 1.22. The standard InChI is InChI=1S/C11H6BrNO2/c12-6-1-2-9-8(3-6)11-10(15-9)4-7(5-14)13-11/h1-5,13H. The van der Waals surface area contributed by atoms with E-state index in [9.17, 15) is 4.79 Å². The van der Waals surface area contributed by atoms with Gasteiger partial charge in [0, 0.05) is 15.9 Å². The van der Waals surface area contributed by atoms with Crippen LogP contribution in [0.1, 0.15) is 10.5 Å². The molecule has 0 radical (unpaired) electrons. The quantitative estimate of drug-likeness (QED) is 0.684. The Morgan fingerprint density at radius 2 is 2.13 bits per heavy atom. The minimum Gasteiger partial charge on any atom is -0.454 e. The number of benzene rings is 1. The van der Waals surface area contributed by atoms with Gasteiger partial charge in [-0.2, -0.15) is 0 Å². The minimum atomic E-state index is 0.533. The fraction of sp³-hybridized carbons (Fsp3) is 0. The number of aromatic nitrogens is 1. The molecule has 0 unspecified atom stereocenters. The molecule has 2 aromatic heterocycles. The van der Waals surface area contributed by atoms with E-state index in [1.807, 2.05) is 18.2 Å². The third-order valence-corrected chi connectivity index (χ3v) is 2.85. The second-order valence-electron chi connectivity index (χ2n) is 3.32. The Kier molecular flexibility index (Phi) is 1.73. The molecule has 74 valence electrons. The van der Waals surface area contributed by atoms with E-state index < -0.39 is 0 Å². The van der Waals surface area contributed by atoms with Crippen molar-refractivity contribution in [2.75, 3.05) is 0 Å². The second kappa shape index (κ2) is 2.97. The van der Waals surface area contributed by atoms with Crippen molar-refractivity contribution in [3.8, 4) is 0 Å². The lowest BCUT2D eigenvalue weighted by Gasteiger charge is -1.89. The Balaban J connectivity index is 2.47. The molecule has 0 amide bonds. The summed E-state index contributed by atoms with van der Waals surface area (Å²) in [7, 11) is 0. The van der Waals surface area contributed by atoms with E-state index in [4.69, 9.17) is 4.42 Å². The Morgan fingerprint density at radius 1 is 1.27 bits per heavy atom. The zero-order valence-electron chi connectivity index (χ0n) is 7.58. The summed E-state index contributed by atoms with van der Waals surface area (Å²) < 4.78 is 6.57. The molecule has 0 atom stereocenters. The molecule has 0 spiro atoms. The summed E-state index contributed by atoms with van der Waals surface area (Å²) in [5.41, 5.74) is 2.93. The van der Waals surface area contributed by atoms with Gasteiger partial charge >= 0.3 is 0 Å². The molecule has 0 saturated heterocycles. The monoisotopic (exact) mass is 263 g/mol. The normalized spacial score (nSPS) is 11.3. The third-order valence-electron chi connectivity index (χ3n) is 2.36. The first-order chi connectivity index (χ1) is 7.28. The van der Waals surface area contributed by atoms with Crippen molar-refractivity contribution in [3.05, 3.63) is 34.4 Å². The van der Waals surface area contributed by atoms with E-state index in [0.29, 0.717) is 11.3 Å². The van der Waals surface area contributed by atoms with Gasteiger partial charge in [-0.15, -0.1) is 0 Å². The highest BCUT2D eigenvalue weighted by atomic mass is 79.9. The Labute approximate surface area is 93.2 Å². The molecule has 0 bridgehead atoms. The van der Waals surface area contributed by atoms with Gasteiger partial charge in [0.2, 0.25) is 0 Å². The molecule has 0 saturated carbocycles. The molecule has 2 heterocycles. The van der Waals surface area contributed by atoms with Gasteiger partial charge < -0.3 is 9.40 Å². The minimum absolute atomic E-state index is 0.533. The van der Waals surface area contributed by atoms with Crippen LogP contribution < -0.4 is 0 Å². The lowest BCUT2D eigenvalue weighted by atomic mass is 10.2.